The van der Waals surface area contributed by atoms with Crippen molar-refractivity contribution in [3.05, 3.63) is 0 Å². The average Bonchev–Trinajstić information content (AvgIpc) is 2.76. The molecule has 0 aromatic rings. The van der Waals surface area contributed by atoms with E-state index in [0.29, 0.717) is 18.8 Å². The molecule has 2 N–H and O–H groups in total. The molecule has 5 nitrogen and oxygen atoms in total. The predicted molar refractivity (Wildman–Crippen MR) is 71.9 cm³/mol. The first-order valence-corrected chi connectivity index (χ1v) is 7.38. The number of rotatable bonds is 5. The molecule has 0 spiro atoms. The maximum atomic E-state index is 12.1. The third kappa shape index (κ3) is 3.61. The molecule has 2 aliphatic carbocycles. The van der Waals surface area contributed by atoms with Crippen molar-refractivity contribution in [3.8, 4) is 0 Å². The highest BCUT2D eigenvalue weighted by molar-refractivity contribution is 5.75. The van der Waals surface area contributed by atoms with E-state index in [1.165, 1.54) is 19.3 Å². The molecule has 0 saturated heterocycles. The Morgan fingerprint density at radius 3 is 2.47 bits per heavy atom. The molecule has 2 fully saturated rings. The Balaban J connectivity index is 1.77. The summed E-state index contributed by atoms with van der Waals surface area (Å²) in [4.78, 5) is 24.9. The van der Waals surface area contributed by atoms with E-state index in [0.717, 1.165) is 19.5 Å². The van der Waals surface area contributed by atoms with Gasteiger partial charge >= 0.3 is 12.0 Å². The number of nitrogens with one attached hydrogen (secondary N) is 1. The molecule has 2 rings (SSSR count). The van der Waals surface area contributed by atoms with Gasteiger partial charge in [-0.25, -0.2) is 4.79 Å². The lowest BCUT2D eigenvalue weighted by atomic mass is 9.85. The molecular formula is C14H24N2O3. The Kier molecular flexibility index (Phi) is 4.66. The summed E-state index contributed by atoms with van der Waals surface area (Å²) >= 11 is 0. The van der Waals surface area contributed by atoms with E-state index >= 15 is 0 Å². The molecule has 108 valence electrons. The van der Waals surface area contributed by atoms with Crippen LogP contribution >= 0.6 is 0 Å². The lowest BCUT2D eigenvalue weighted by molar-refractivity contribution is -0.141. The molecule has 2 atom stereocenters. The highest BCUT2D eigenvalue weighted by Gasteiger charge is 2.31. The lowest BCUT2D eigenvalue weighted by Crippen LogP contribution is -2.46. The van der Waals surface area contributed by atoms with Gasteiger partial charge in [0.2, 0.25) is 0 Å². The fourth-order valence-electron chi connectivity index (χ4n) is 2.95. The number of carbonyl (C=O) groups excluding carboxylic acids is 1. The van der Waals surface area contributed by atoms with Crippen molar-refractivity contribution in [1.29, 1.82) is 0 Å². The maximum absolute atomic E-state index is 12.1. The van der Waals surface area contributed by atoms with Gasteiger partial charge in [-0.15, -0.1) is 0 Å². The fraction of sp³-hybridized carbons (Fsp3) is 0.857. The number of amides is 2. The number of hydrogen-bond acceptors (Lipinski definition) is 2. The van der Waals surface area contributed by atoms with Crippen LogP contribution in [0.1, 0.15) is 45.4 Å². The Bertz CT molecular complexity index is 342. The second-order valence-electron chi connectivity index (χ2n) is 5.83. The van der Waals surface area contributed by atoms with Crippen molar-refractivity contribution in [2.24, 2.45) is 11.8 Å². The predicted octanol–water partition coefficient (Wildman–Crippen LogP) is 2.07. The summed E-state index contributed by atoms with van der Waals surface area (Å²) in [6.07, 6.45) is 5.77. The summed E-state index contributed by atoms with van der Waals surface area (Å²) in [7, 11) is 0. The first kappa shape index (κ1) is 14.2. The summed E-state index contributed by atoms with van der Waals surface area (Å²) in [5, 5.41) is 11.9. The van der Waals surface area contributed by atoms with Crippen molar-refractivity contribution >= 4 is 12.0 Å². The molecular weight excluding hydrogens is 244 g/mol. The van der Waals surface area contributed by atoms with E-state index < -0.39 is 5.97 Å². The molecule has 2 aliphatic rings. The number of carbonyl (C=O) groups is 2. The third-order valence-corrected chi connectivity index (χ3v) is 4.48. The van der Waals surface area contributed by atoms with Crippen LogP contribution in [0.4, 0.5) is 4.79 Å². The minimum absolute atomic E-state index is 0.0227. The van der Waals surface area contributed by atoms with Gasteiger partial charge < -0.3 is 15.3 Å². The maximum Gasteiger partial charge on any atom is 0.317 e. The number of nitrogens with zero attached hydrogens (tertiary/aromatic N) is 1. The number of carboxylic acid groups (broad SMARTS) is 1. The van der Waals surface area contributed by atoms with Gasteiger partial charge in [0, 0.05) is 19.1 Å². The van der Waals surface area contributed by atoms with Crippen LogP contribution in [0.5, 0.6) is 0 Å². The zero-order valence-corrected chi connectivity index (χ0v) is 11.6. The third-order valence-electron chi connectivity index (χ3n) is 4.48. The van der Waals surface area contributed by atoms with Crippen molar-refractivity contribution < 1.29 is 14.7 Å². The van der Waals surface area contributed by atoms with Crippen molar-refractivity contribution in [3.63, 3.8) is 0 Å². The molecule has 0 heterocycles. The van der Waals surface area contributed by atoms with Gasteiger partial charge in [-0.2, -0.15) is 0 Å². The second kappa shape index (κ2) is 6.26. The van der Waals surface area contributed by atoms with Crippen LogP contribution in [-0.4, -0.2) is 41.1 Å². The summed E-state index contributed by atoms with van der Waals surface area (Å²) in [6, 6.07) is 0.00878. The first-order valence-electron chi connectivity index (χ1n) is 7.38. The van der Waals surface area contributed by atoms with Crippen LogP contribution in [0.15, 0.2) is 0 Å². The number of carboxylic acids is 1. The summed E-state index contributed by atoms with van der Waals surface area (Å²) in [5.74, 6) is -0.355. The van der Waals surface area contributed by atoms with Crippen molar-refractivity contribution in [2.75, 3.05) is 13.1 Å². The van der Waals surface area contributed by atoms with E-state index in [2.05, 4.69) is 5.32 Å². The van der Waals surface area contributed by atoms with Crippen LogP contribution in [0.3, 0.4) is 0 Å². The molecule has 0 bridgehead atoms. The van der Waals surface area contributed by atoms with Gasteiger partial charge in [-0.1, -0.05) is 6.42 Å². The van der Waals surface area contributed by atoms with Gasteiger partial charge in [0.1, 0.15) is 0 Å². The zero-order valence-electron chi connectivity index (χ0n) is 11.6. The molecule has 2 saturated carbocycles. The van der Waals surface area contributed by atoms with E-state index in [4.69, 9.17) is 5.11 Å². The van der Waals surface area contributed by atoms with E-state index in [1.54, 1.807) is 0 Å². The monoisotopic (exact) mass is 268 g/mol. The Labute approximate surface area is 114 Å². The van der Waals surface area contributed by atoms with Crippen LogP contribution in [-0.2, 0) is 4.79 Å². The van der Waals surface area contributed by atoms with E-state index in [-0.39, 0.29) is 18.0 Å². The standard InChI is InChI=1S/C14H24N2O3/c1-2-16(9-10-4-3-5-10)14(19)15-12-7-6-11(8-12)13(17)18/h10-12H,2-9H2,1H3,(H,15,19)(H,17,18)/t11-,12+/m1/s1. The minimum atomic E-state index is -0.737. The van der Waals surface area contributed by atoms with Gasteiger partial charge in [0.15, 0.2) is 0 Å². The first-order chi connectivity index (χ1) is 9.10. The molecule has 2 amide bonds. The minimum Gasteiger partial charge on any atom is -0.481 e. The largest absolute Gasteiger partial charge is 0.481 e. The number of aliphatic carboxylic acids is 1. The van der Waals surface area contributed by atoms with E-state index in [9.17, 15) is 9.59 Å². The van der Waals surface area contributed by atoms with E-state index in [1.807, 2.05) is 11.8 Å². The Hall–Kier alpha value is -1.26. The summed E-state index contributed by atoms with van der Waals surface area (Å²) in [6.45, 7) is 3.56. The zero-order chi connectivity index (χ0) is 13.8. The molecule has 0 aromatic carbocycles. The van der Waals surface area contributed by atoms with Crippen molar-refractivity contribution in [2.45, 2.75) is 51.5 Å². The summed E-state index contributed by atoms with van der Waals surface area (Å²) in [5.41, 5.74) is 0. The smallest absolute Gasteiger partial charge is 0.317 e. The van der Waals surface area contributed by atoms with Gasteiger partial charge in [0.25, 0.3) is 0 Å². The molecule has 0 aliphatic heterocycles. The fourth-order valence-corrected chi connectivity index (χ4v) is 2.95. The van der Waals surface area contributed by atoms with Gasteiger partial charge in [-0.3, -0.25) is 4.79 Å². The summed E-state index contributed by atoms with van der Waals surface area (Å²) < 4.78 is 0. The highest BCUT2D eigenvalue weighted by Crippen LogP contribution is 2.28. The molecule has 0 aromatic heterocycles. The number of urea groups is 1. The highest BCUT2D eigenvalue weighted by atomic mass is 16.4. The molecule has 5 heteroatoms. The van der Waals surface area contributed by atoms with Crippen LogP contribution in [0, 0.1) is 11.8 Å². The Morgan fingerprint density at radius 1 is 1.26 bits per heavy atom. The molecule has 19 heavy (non-hydrogen) atoms. The van der Waals surface area contributed by atoms with Gasteiger partial charge in [0.05, 0.1) is 5.92 Å². The molecule has 0 radical (unpaired) electrons. The number of hydrogen-bond donors (Lipinski definition) is 2. The van der Waals surface area contributed by atoms with Crippen LogP contribution < -0.4 is 5.32 Å². The van der Waals surface area contributed by atoms with Crippen LogP contribution in [0.25, 0.3) is 0 Å². The van der Waals surface area contributed by atoms with Gasteiger partial charge in [-0.05, 0) is 44.9 Å². The quantitative estimate of drug-likeness (QED) is 0.802. The SMILES string of the molecule is CCN(CC1CCC1)C(=O)N[C@H]1CC[C@@H](C(=O)O)C1. The van der Waals surface area contributed by atoms with Crippen LogP contribution in [0.2, 0.25) is 0 Å². The van der Waals surface area contributed by atoms with Crippen molar-refractivity contribution in [1.82, 2.24) is 10.2 Å². The average molecular weight is 268 g/mol. The normalized spacial score (nSPS) is 26.8. The lowest BCUT2D eigenvalue weighted by Gasteiger charge is -2.32. The molecule has 0 unspecified atom stereocenters. The second-order valence-corrected chi connectivity index (χ2v) is 5.83. The topological polar surface area (TPSA) is 69.6 Å². The Morgan fingerprint density at radius 2 is 2.00 bits per heavy atom.